The minimum absolute atomic E-state index is 0.0125. The Morgan fingerprint density at radius 3 is 2.92 bits per heavy atom. The Morgan fingerprint density at radius 1 is 1.46 bits per heavy atom. The van der Waals surface area contributed by atoms with Crippen LogP contribution in [0.4, 0.5) is 0 Å². The number of carbonyl (C=O) groups is 2. The van der Waals surface area contributed by atoms with E-state index >= 15 is 0 Å². The van der Waals surface area contributed by atoms with Gasteiger partial charge >= 0.3 is 0 Å². The van der Waals surface area contributed by atoms with Crippen LogP contribution in [0.15, 0.2) is 0 Å². The predicted molar refractivity (Wildman–Crippen MR) is 42.6 cm³/mol. The summed E-state index contributed by atoms with van der Waals surface area (Å²) < 4.78 is 5.60. The first-order chi connectivity index (χ1) is 6.14. The van der Waals surface area contributed by atoms with E-state index < -0.39 is 5.41 Å². The molecule has 4 nitrogen and oxygen atoms in total. The molecule has 3 aliphatic rings. The van der Waals surface area contributed by atoms with Crippen molar-refractivity contribution in [2.24, 2.45) is 11.3 Å². The molecule has 2 amide bonds. The maximum Gasteiger partial charge on any atom is 0.236 e. The number of hydrogen-bond donors (Lipinski definition) is 1. The van der Waals surface area contributed by atoms with Gasteiger partial charge in [-0.3, -0.25) is 14.9 Å². The van der Waals surface area contributed by atoms with Crippen LogP contribution in [0.2, 0.25) is 0 Å². The average molecular weight is 181 g/mol. The number of nitrogens with one attached hydrogen (secondary N) is 1. The van der Waals surface area contributed by atoms with Crippen LogP contribution in [-0.2, 0) is 14.3 Å². The van der Waals surface area contributed by atoms with Gasteiger partial charge in [-0.05, 0) is 19.8 Å². The van der Waals surface area contributed by atoms with Crippen molar-refractivity contribution in [1.82, 2.24) is 5.32 Å². The third-order valence-electron chi connectivity index (χ3n) is 3.75. The Bertz CT molecular complexity index is 314. The summed E-state index contributed by atoms with van der Waals surface area (Å²) in [6.07, 6.45) is 1.79. The van der Waals surface area contributed by atoms with Crippen molar-refractivity contribution < 1.29 is 14.3 Å². The van der Waals surface area contributed by atoms with Crippen LogP contribution in [0.1, 0.15) is 19.8 Å². The lowest BCUT2D eigenvalue weighted by Gasteiger charge is -2.27. The van der Waals surface area contributed by atoms with Gasteiger partial charge in [0.15, 0.2) is 0 Å². The highest BCUT2D eigenvalue weighted by Gasteiger charge is 2.67. The van der Waals surface area contributed by atoms with E-state index in [1.165, 1.54) is 0 Å². The number of fused-ring (bicyclic) bond motifs is 5. The minimum Gasteiger partial charge on any atom is -0.373 e. The van der Waals surface area contributed by atoms with Crippen molar-refractivity contribution in [3.05, 3.63) is 0 Å². The second-order valence-electron chi connectivity index (χ2n) is 4.32. The molecular formula is C9H11NO3. The molecule has 1 N–H and O–H groups in total. The molecule has 0 aromatic rings. The van der Waals surface area contributed by atoms with Crippen molar-refractivity contribution in [1.29, 1.82) is 0 Å². The zero-order chi connectivity index (χ0) is 9.22. The fourth-order valence-electron chi connectivity index (χ4n) is 2.99. The average Bonchev–Trinajstić information content (AvgIpc) is 2.66. The van der Waals surface area contributed by atoms with Gasteiger partial charge in [-0.1, -0.05) is 0 Å². The monoisotopic (exact) mass is 181 g/mol. The van der Waals surface area contributed by atoms with Crippen LogP contribution in [0.25, 0.3) is 0 Å². The fourth-order valence-corrected chi connectivity index (χ4v) is 2.99. The van der Waals surface area contributed by atoms with E-state index in [9.17, 15) is 9.59 Å². The molecule has 3 aliphatic heterocycles. The molecule has 4 atom stereocenters. The van der Waals surface area contributed by atoms with Crippen LogP contribution in [0.3, 0.4) is 0 Å². The molecule has 70 valence electrons. The highest BCUT2D eigenvalue weighted by molar-refractivity contribution is 6.08. The molecule has 0 radical (unpaired) electrons. The van der Waals surface area contributed by atoms with Crippen LogP contribution in [0.5, 0.6) is 0 Å². The number of imide groups is 1. The molecule has 3 saturated heterocycles. The van der Waals surface area contributed by atoms with E-state index in [2.05, 4.69) is 5.32 Å². The summed E-state index contributed by atoms with van der Waals surface area (Å²) in [6.45, 7) is 1.85. The first-order valence-corrected chi connectivity index (χ1v) is 4.65. The van der Waals surface area contributed by atoms with Crippen molar-refractivity contribution in [3.8, 4) is 0 Å². The molecule has 0 aromatic heterocycles. The lowest BCUT2D eigenvalue weighted by molar-refractivity contribution is -0.131. The Labute approximate surface area is 75.6 Å². The highest BCUT2D eigenvalue weighted by Crippen LogP contribution is 2.54. The van der Waals surface area contributed by atoms with Gasteiger partial charge in [0.05, 0.1) is 23.5 Å². The van der Waals surface area contributed by atoms with Gasteiger partial charge in [-0.2, -0.15) is 0 Å². The normalized spacial score (nSPS) is 52.5. The third kappa shape index (κ3) is 0.633. The van der Waals surface area contributed by atoms with Crippen molar-refractivity contribution in [3.63, 3.8) is 0 Å². The van der Waals surface area contributed by atoms with Crippen LogP contribution in [-0.4, -0.2) is 24.0 Å². The second kappa shape index (κ2) is 1.95. The summed E-state index contributed by atoms with van der Waals surface area (Å²) >= 11 is 0. The standard InChI is InChI=1S/C9H11NO3/c1-9-5-3-2-4(13-5)6(9)7(11)10-8(9)12/h4-6H,2-3H2,1H3,(H,10,11,12)/t4-,5+,6+,9+/m0/s1. The predicted octanol–water partition coefficient (Wildman–Crippen LogP) is -0.174. The van der Waals surface area contributed by atoms with Crippen LogP contribution in [0, 0.1) is 11.3 Å². The smallest absolute Gasteiger partial charge is 0.236 e. The molecule has 0 spiro atoms. The van der Waals surface area contributed by atoms with E-state index in [1.54, 1.807) is 0 Å². The lowest BCUT2D eigenvalue weighted by Crippen LogP contribution is -2.40. The maximum absolute atomic E-state index is 11.6. The third-order valence-corrected chi connectivity index (χ3v) is 3.75. The van der Waals surface area contributed by atoms with E-state index in [-0.39, 0.29) is 29.9 Å². The Morgan fingerprint density at radius 2 is 2.23 bits per heavy atom. The molecule has 13 heavy (non-hydrogen) atoms. The van der Waals surface area contributed by atoms with Crippen molar-refractivity contribution in [2.45, 2.75) is 32.0 Å². The summed E-state index contributed by atoms with van der Waals surface area (Å²) in [5.74, 6) is -0.506. The number of carbonyl (C=O) groups excluding carboxylic acids is 2. The van der Waals surface area contributed by atoms with Gasteiger partial charge in [0.25, 0.3) is 0 Å². The second-order valence-corrected chi connectivity index (χ2v) is 4.32. The summed E-state index contributed by atoms with van der Waals surface area (Å²) in [7, 11) is 0. The Kier molecular flexibility index (Phi) is 1.12. The molecule has 2 bridgehead atoms. The van der Waals surface area contributed by atoms with Gasteiger partial charge in [0.2, 0.25) is 11.8 Å². The number of rotatable bonds is 0. The Balaban J connectivity index is 2.12. The molecule has 3 rings (SSSR count). The molecule has 3 heterocycles. The zero-order valence-corrected chi connectivity index (χ0v) is 7.37. The zero-order valence-electron chi connectivity index (χ0n) is 7.37. The van der Waals surface area contributed by atoms with Crippen molar-refractivity contribution >= 4 is 11.8 Å². The van der Waals surface area contributed by atoms with Gasteiger partial charge < -0.3 is 4.74 Å². The topological polar surface area (TPSA) is 55.4 Å². The largest absolute Gasteiger partial charge is 0.373 e. The summed E-state index contributed by atoms with van der Waals surface area (Å²) in [5, 5.41) is 2.40. The SMILES string of the molecule is C[C@]12C(=O)NC(=O)[C@H]1[C@@H]1CC[C@H]2O1. The Hall–Kier alpha value is -0.900. The summed E-state index contributed by atoms with van der Waals surface area (Å²) in [5.41, 5.74) is -0.569. The maximum atomic E-state index is 11.6. The summed E-state index contributed by atoms with van der Waals surface area (Å²) in [4.78, 5) is 23.0. The van der Waals surface area contributed by atoms with Gasteiger partial charge in [0.1, 0.15) is 0 Å². The minimum atomic E-state index is -0.569. The molecule has 3 fully saturated rings. The summed E-state index contributed by atoms with van der Waals surface area (Å²) in [6, 6.07) is 0. The fraction of sp³-hybridized carbons (Fsp3) is 0.778. The number of hydrogen-bond acceptors (Lipinski definition) is 3. The molecule has 0 aromatic carbocycles. The molecule has 4 heteroatoms. The van der Waals surface area contributed by atoms with Crippen LogP contribution < -0.4 is 5.32 Å². The van der Waals surface area contributed by atoms with Gasteiger partial charge in [-0.15, -0.1) is 0 Å². The van der Waals surface area contributed by atoms with E-state index in [1.807, 2.05) is 6.92 Å². The molecule has 0 unspecified atom stereocenters. The van der Waals surface area contributed by atoms with Crippen molar-refractivity contribution in [2.75, 3.05) is 0 Å². The first kappa shape index (κ1) is 7.50. The number of ether oxygens (including phenoxy) is 1. The molecule has 0 saturated carbocycles. The van der Waals surface area contributed by atoms with E-state index in [0.29, 0.717) is 0 Å². The lowest BCUT2D eigenvalue weighted by atomic mass is 9.69. The quantitative estimate of drug-likeness (QED) is 0.528. The van der Waals surface area contributed by atoms with Crippen LogP contribution >= 0.6 is 0 Å². The van der Waals surface area contributed by atoms with E-state index in [0.717, 1.165) is 12.8 Å². The van der Waals surface area contributed by atoms with E-state index in [4.69, 9.17) is 4.74 Å². The highest BCUT2D eigenvalue weighted by atomic mass is 16.5. The number of amides is 2. The first-order valence-electron chi connectivity index (χ1n) is 4.65. The molecule has 0 aliphatic carbocycles. The van der Waals surface area contributed by atoms with Gasteiger partial charge in [-0.25, -0.2) is 0 Å². The molecular weight excluding hydrogens is 170 g/mol. The van der Waals surface area contributed by atoms with Gasteiger partial charge in [0, 0.05) is 0 Å².